The van der Waals surface area contributed by atoms with E-state index in [1.807, 2.05) is 13.2 Å². The number of hydrogen-bond donors (Lipinski definition) is 1. The highest BCUT2D eigenvalue weighted by molar-refractivity contribution is 5.11. The first-order chi connectivity index (χ1) is 6.47. The van der Waals surface area contributed by atoms with Gasteiger partial charge in [0.2, 0.25) is 0 Å². The Morgan fingerprint density at radius 2 is 2.21 bits per heavy atom. The largest absolute Gasteiger partial charge is 0.489 e. The summed E-state index contributed by atoms with van der Waals surface area (Å²) in [7, 11) is 1.88. The standard InChI is InChI=1S/C10H19N3O/c1-10(2,3)11-5-6-14-9-7-12-13(4)8-9/h7-8,11H,5-6H2,1-4H3. The van der Waals surface area contributed by atoms with Gasteiger partial charge in [-0.3, -0.25) is 4.68 Å². The maximum Gasteiger partial charge on any atom is 0.157 e. The quantitative estimate of drug-likeness (QED) is 0.737. The number of ether oxygens (including phenoxy) is 1. The van der Waals surface area contributed by atoms with Gasteiger partial charge in [-0.2, -0.15) is 5.10 Å². The molecule has 0 bridgehead atoms. The molecule has 1 aromatic heterocycles. The molecule has 0 unspecified atom stereocenters. The number of hydrogen-bond acceptors (Lipinski definition) is 3. The van der Waals surface area contributed by atoms with Gasteiger partial charge in [0.25, 0.3) is 0 Å². The summed E-state index contributed by atoms with van der Waals surface area (Å²) in [6.45, 7) is 7.92. The molecule has 1 N–H and O–H groups in total. The topological polar surface area (TPSA) is 39.1 Å². The highest BCUT2D eigenvalue weighted by Crippen LogP contribution is 2.06. The van der Waals surface area contributed by atoms with Crippen molar-refractivity contribution in [2.45, 2.75) is 26.3 Å². The van der Waals surface area contributed by atoms with Gasteiger partial charge < -0.3 is 10.1 Å². The predicted molar refractivity (Wildman–Crippen MR) is 56.5 cm³/mol. The zero-order valence-electron chi connectivity index (χ0n) is 9.37. The minimum absolute atomic E-state index is 0.151. The molecule has 0 saturated carbocycles. The summed E-state index contributed by atoms with van der Waals surface area (Å²) in [5.41, 5.74) is 0.151. The van der Waals surface area contributed by atoms with Crippen LogP contribution in [0.2, 0.25) is 0 Å². The first-order valence-corrected chi connectivity index (χ1v) is 4.84. The Hall–Kier alpha value is -1.03. The molecule has 4 heteroatoms. The van der Waals surface area contributed by atoms with Crippen LogP contribution in [0, 0.1) is 0 Å². The van der Waals surface area contributed by atoms with Crippen molar-refractivity contribution in [2.24, 2.45) is 7.05 Å². The van der Waals surface area contributed by atoms with Crippen LogP contribution in [-0.4, -0.2) is 28.5 Å². The van der Waals surface area contributed by atoms with E-state index in [2.05, 4.69) is 31.2 Å². The average Bonchev–Trinajstić information content (AvgIpc) is 2.44. The zero-order chi connectivity index (χ0) is 10.6. The predicted octanol–water partition coefficient (Wildman–Crippen LogP) is 1.19. The second-order valence-electron chi connectivity index (χ2n) is 4.37. The summed E-state index contributed by atoms with van der Waals surface area (Å²) >= 11 is 0. The highest BCUT2D eigenvalue weighted by Gasteiger charge is 2.07. The number of aryl methyl sites for hydroxylation is 1. The average molecular weight is 197 g/mol. The van der Waals surface area contributed by atoms with E-state index in [4.69, 9.17) is 4.74 Å². The van der Waals surface area contributed by atoms with Crippen LogP contribution in [0.15, 0.2) is 12.4 Å². The molecule has 0 atom stereocenters. The van der Waals surface area contributed by atoms with Crippen LogP contribution < -0.4 is 10.1 Å². The van der Waals surface area contributed by atoms with Gasteiger partial charge in [0.05, 0.1) is 12.4 Å². The van der Waals surface area contributed by atoms with Crippen molar-refractivity contribution in [2.75, 3.05) is 13.2 Å². The van der Waals surface area contributed by atoms with Gasteiger partial charge in [0.1, 0.15) is 6.61 Å². The van der Waals surface area contributed by atoms with Crippen molar-refractivity contribution >= 4 is 0 Å². The van der Waals surface area contributed by atoms with Gasteiger partial charge in [-0.1, -0.05) is 0 Å². The van der Waals surface area contributed by atoms with Crippen LogP contribution in [0.3, 0.4) is 0 Å². The lowest BCUT2D eigenvalue weighted by molar-refractivity contribution is 0.291. The molecule has 80 valence electrons. The van der Waals surface area contributed by atoms with Crippen LogP contribution in [0.25, 0.3) is 0 Å². The molecule has 0 radical (unpaired) electrons. The first kappa shape index (κ1) is 11.0. The Labute approximate surface area is 85.3 Å². The lowest BCUT2D eigenvalue weighted by Crippen LogP contribution is -2.38. The van der Waals surface area contributed by atoms with Gasteiger partial charge in [-0.25, -0.2) is 0 Å². The molecule has 1 aromatic rings. The Bertz CT molecular complexity index is 275. The van der Waals surface area contributed by atoms with Crippen LogP contribution in [-0.2, 0) is 7.05 Å². The molecule has 14 heavy (non-hydrogen) atoms. The highest BCUT2D eigenvalue weighted by atomic mass is 16.5. The SMILES string of the molecule is Cn1cc(OCCNC(C)(C)C)cn1. The molecule has 4 nitrogen and oxygen atoms in total. The van der Waals surface area contributed by atoms with E-state index in [0.29, 0.717) is 6.61 Å². The lowest BCUT2D eigenvalue weighted by atomic mass is 10.1. The Kier molecular flexibility index (Phi) is 3.52. The first-order valence-electron chi connectivity index (χ1n) is 4.84. The van der Waals surface area contributed by atoms with E-state index in [1.165, 1.54) is 0 Å². The van der Waals surface area contributed by atoms with Gasteiger partial charge in [-0.15, -0.1) is 0 Å². The van der Waals surface area contributed by atoms with Crippen LogP contribution >= 0.6 is 0 Å². The summed E-state index contributed by atoms with van der Waals surface area (Å²) in [4.78, 5) is 0. The van der Waals surface area contributed by atoms with Gasteiger partial charge in [0.15, 0.2) is 5.75 Å². The lowest BCUT2D eigenvalue weighted by Gasteiger charge is -2.20. The summed E-state index contributed by atoms with van der Waals surface area (Å²) in [5, 5.41) is 7.36. The molecule has 0 fully saturated rings. The fraction of sp³-hybridized carbons (Fsp3) is 0.700. The maximum absolute atomic E-state index is 5.48. The van der Waals surface area contributed by atoms with Crippen LogP contribution in [0.1, 0.15) is 20.8 Å². The van der Waals surface area contributed by atoms with E-state index in [-0.39, 0.29) is 5.54 Å². The fourth-order valence-electron chi connectivity index (χ4n) is 1.07. The molecule has 0 aliphatic heterocycles. The number of nitrogens with one attached hydrogen (secondary N) is 1. The third-order valence-corrected chi connectivity index (χ3v) is 1.71. The third kappa shape index (κ3) is 4.28. The van der Waals surface area contributed by atoms with E-state index in [9.17, 15) is 0 Å². The molecule has 0 saturated heterocycles. The molecule has 0 aromatic carbocycles. The Balaban J connectivity index is 2.16. The third-order valence-electron chi connectivity index (χ3n) is 1.71. The molecular weight excluding hydrogens is 178 g/mol. The molecule has 0 amide bonds. The summed E-state index contributed by atoms with van der Waals surface area (Å²) in [6, 6.07) is 0. The molecule has 0 spiro atoms. The number of aromatic nitrogens is 2. The summed E-state index contributed by atoms with van der Waals surface area (Å²) in [6.07, 6.45) is 3.58. The van der Waals surface area contributed by atoms with Crippen molar-refractivity contribution in [3.63, 3.8) is 0 Å². The molecular formula is C10H19N3O. The van der Waals surface area contributed by atoms with E-state index >= 15 is 0 Å². The van der Waals surface area contributed by atoms with Crippen molar-refractivity contribution < 1.29 is 4.74 Å². The maximum atomic E-state index is 5.48. The monoisotopic (exact) mass is 197 g/mol. The smallest absolute Gasteiger partial charge is 0.157 e. The van der Waals surface area contributed by atoms with Gasteiger partial charge >= 0.3 is 0 Å². The minimum Gasteiger partial charge on any atom is -0.489 e. The normalized spacial score (nSPS) is 11.7. The number of rotatable bonds is 4. The summed E-state index contributed by atoms with van der Waals surface area (Å²) < 4.78 is 7.21. The Morgan fingerprint density at radius 3 is 2.71 bits per heavy atom. The molecule has 0 aliphatic rings. The number of nitrogens with zero attached hydrogens (tertiary/aromatic N) is 2. The fourth-order valence-corrected chi connectivity index (χ4v) is 1.07. The van der Waals surface area contributed by atoms with Crippen molar-refractivity contribution in [3.8, 4) is 5.75 Å². The van der Waals surface area contributed by atoms with Crippen LogP contribution in [0.4, 0.5) is 0 Å². The minimum atomic E-state index is 0.151. The molecule has 1 rings (SSSR count). The van der Waals surface area contributed by atoms with Crippen molar-refractivity contribution in [1.82, 2.24) is 15.1 Å². The van der Waals surface area contributed by atoms with E-state index < -0.39 is 0 Å². The second-order valence-corrected chi connectivity index (χ2v) is 4.37. The van der Waals surface area contributed by atoms with E-state index in [1.54, 1.807) is 10.9 Å². The summed E-state index contributed by atoms with van der Waals surface area (Å²) in [5.74, 6) is 0.822. The van der Waals surface area contributed by atoms with Gasteiger partial charge in [-0.05, 0) is 20.8 Å². The Morgan fingerprint density at radius 1 is 1.50 bits per heavy atom. The second kappa shape index (κ2) is 4.46. The molecule has 1 heterocycles. The van der Waals surface area contributed by atoms with Crippen molar-refractivity contribution in [3.05, 3.63) is 12.4 Å². The molecule has 0 aliphatic carbocycles. The van der Waals surface area contributed by atoms with Gasteiger partial charge in [0, 0.05) is 19.1 Å². The zero-order valence-corrected chi connectivity index (χ0v) is 9.37. The van der Waals surface area contributed by atoms with E-state index in [0.717, 1.165) is 12.3 Å². The van der Waals surface area contributed by atoms with Crippen LogP contribution in [0.5, 0.6) is 5.75 Å². The van der Waals surface area contributed by atoms with Crippen molar-refractivity contribution in [1.29, 1.82) is 0 Å².